The molecule has 0 aliphatic carbocycles. The molecule has 0 heterocycles. The number of anilines is 1. The summed E-state index contributed by atoms with van der Waals surface area (Å²) in [5.41, 5.74) is 0.603. The molecule has 0 saturated heterocycles. The van der Waals surface area contributed by atoms with E-state index in [0.717, 1.165) is 4.90 Å². The number of benzene rings is 1. The normalized spacial score (nSPS) is 9.65. The minimum Gasteiger partial charge on any atom is -0.480 e. The molecule has 0 saturated carbocycles. The van der Waals surface area contributed by atoms with Crippen molar-refractivity contribution in [3.63, 3.8) is 0 Å². The van der Waals surface area contributed by atoms with Gasteiger partial charge in [-0.05, 0) is 30.5 Å². The molecule has 0 aliphatic heterocycles. The zero-order chi connectivity index (χ0) is 15.0. The number of aliphatic carboxylic acids is 1. The van der Waals surface area contributed by atoms with Crippen molar-refractivity contribution in [3.8, 4) is 0 Å². The molecule has 0 fully saturated rings. The Morgan fingerprint density at radius 1 is 1.10 bits per heavy atom. The molecule has 1 aromatic rings. The molecule has 3 amide bonds. The maximum Gasteiger partial charge on any atom is 0.322 e. The molecule has 0 bridgehead atoms. The SMILES string of the molecule is CSc1ccc(NC(=O)NCC(=O)NCC(=O)O)cc1. The van der Waals surface area contributed by atoms with Gasteiger partial charge in [-0.3, -0.25) is 9.59 Å². The van der Waals surface area contributed by atoms with Crippen LogP contribution in [0.5, 0.6) is 0 Å². The van der Waals surface area contributed by atoms with Gasteiger partial charge < -0.3 is 21.1 Å². The van der Waals surface area contributed by atoms with E-state index in [9.17, 15) is 14.4 Å². The lowest BCUT2D eigenvalue weighted by molar-refractivity contribution is -0.137. The van der Waals surface area contributed by atoms with Crippen LogP contribution in [0.15, 0.2) is 29.2 Å². The lowest BCUT2D eigenvalue weighted by Crippen LogP contribution is -2.40. The van der Waals surface area contributed by atoms with Crippen molar-refractivity contribution in [3.05, 3.63) is 24.3 Å². The Balaban J connectivity index is 2.32. The van der Waals surface area contributed by atoms with Crippen molar-refractivity contribution in [1.29, 1.82) is 0 Å². The Labute approximate surface area is 120 Å². The van der Waals surface area contributed by atoms with Gasteiger partial charge in [0.2, 0.25) is 5.91 Å². The number of carbonyl (C=O) groups excluding carboxylic acids is 2. The van der Waals surface area contributed by atoms with E-state index in [1.54, 1.807) is 23.9 Å². The number of rotatable bonds is 6. The van der Waals surface area contributed by atoms with Crippen LogP contribution in [-0.2, 0) is 9.59 Å². The molecule has 1 rings (SSSR count). The monoisotopic (exact) mass is 297 g/mol. The van der Waals surface area contributed by atoms with E-state index < -0.39 is 24.5 Å². The van der Waals surface area contributed by atoms with Crippen molar-refractivity contribution >= 4 is 35.4 Å². The summed E-state index contributed by atoms with van der Waals surface area (Å²) in [7, 11) is 0. The van der Waals surface area contributed by atoms with Gasteiger partial charge in [0.1, 0.15) is 6.54 Å². The van der Waals surface area contributed by atoms with Crippen LogP contribution < -0.4 is 16.0 Å². The second-order valence-corrected chi connectivity index (χ2v) is 4.59. The Kier molecular flexibility index (Phi) is 6.38. The van der Waals surface area contributed by atoms with Crippen molar-refractivity contribution < 1.29 is 19.5 Å². The number of nitrogens with one attached hydrogen (secondary N) is 3. The van der Waals surface area contributed by atoms with Crippen LogP contribution in [0, 0.1) is 0 Å². The van der Waals surface area contributed by atoms with Crippen LogP contribution >= 0.6 is 11.8 Å². The van der Waals surface area contributed by atoms with Crippen LogP contribution in [0.3, 0.4) is 0 Å². The molecule has 8 heteroatoms. The summed E-state index contributed by atoms with van der Waals surface area (Å²) in [6.07, 6.45) is 1.95. The van der Waals surface area contributed by atoms with Crippen molar-refractivity contribution in [2.24, 2.45) is 0 Å². The average Bonchev–Trinajstić information content (AvgIpc) is 2.43. The lowest BCUT2D eigenvalue weighted by atomic mass is 10.3. The van der Waals surface area contributed by atoms with Crippen LogP contribution in [0.1, 0.15) is 0 Å². The first-order chi connectivity index (χ1) is 9.51. The fraction of sp³-hybridized carbons (Fsp3) is 0.250. The van der Waals surface area contributed by atoms with Gasteiger partial charge in [0, 0.05) is 10.6 Å². The molecular weight excluding hydrogens is 282 g/mol. The smallest absolute Gasteiger partial charge is 0.322 e. The third-order valence-corrected chi connectivity index (χ3v) is 2.94. The van der Waals surface area contributed by atoms with E-state index in [1.165, 1.54) is 0 Å². The van der Waals surface area contributed by atoms with Crippen LogP contribution in [0.2, 0.25) is 0 Å². The molecule has 0 aliphatic rings. The van der Waals surface area contributed by atoms with Gasteiger partial charge in [-0.25, -0.2) is 4.79 Å². The van der Waals surface area contributed by atoms with Gasteiger partial charge >= 0.3 is 12.0 Å². The summed E-state index contributed by atoms with van der Waals surface area (Å²) < 4.78 is 0. The van der Waals surface area contributed by atoms with E-state index in [-0.39, 0.29) is 6.54 Å². The maximum atomic E-state index is 11.5. The average molecular weight is 297 g/mol. The summed E-state index contributed by atoms with van der Waals surface area (Å²) >= 11 is 1.59. The van der Waals surface area contributed by atoms with Crippen LogP contribution in [-0.4, -0.2) is 42.4 Å². The number of urea groups is 1. The molecule has 20 heavy (non-hydrogen) atoms. The third kappa shape index (κ3) is 6.10. The minimum absolute atomic E-state index is 0.290. The number of carboxylic acid groups (broad SMARTS) is 1. The number of thioether (sulfide) groups is 1. The van der Waals surface area contributed by atoms with E-state index in [2.05, 4.69) is 16.0 Å². The Hall–Kier alpha value is -2.22. The number of carbonyl (C=O) groups is 3. The number of amides is 3. The number of carboxylic acids is 1. The topological polar surface area (TPSA) is 108 Å². The van der Waals surface area contributed by atoms with E-state index in [4.69, 9.17) is 5.11 Å². The van der Waals surface area contributed by atoms with Gasteiger partial charge in [0.05, 0.1) is 6.54 Å². The summed E-state index contributed by atoms with van der Waals surface area (Å²) in [5, 5.41) is 15.4. The Bertz CT molecular complexity index is 490. The summed E-state index contributed by atoms with van der Waals surface area (Å²) in [6, 6.07) is 6.68. The fourth-order valence-electron chi connectivity index (χ4n) is 1.25. The van der Waals surface area contributed by atoms with E-state index in [1.807, 2.05) is 18.4 Å². The largest absolute Gasteiger partial charge is 0.480 e. The predicted octanol–water partition coefficient (Wildman–Crippen LogP) is 0.731. The Morgan fingerprint density at radius 3 is 2.30 bits per heavy atom. The number of hydrogen-bond donors (Lipinski definition) is 4. The third-order valence-electron chi connectivity index (χ3n) is 2.19. The second-order valence-electron chi connectivity index (χ2n) is 3.71. The van der Waals surface area contributed by atoms with Gasteiger partial charge in [0.15, 0.2) is 0 Å². The second kappa shape index (κ2) is 8.05. The van der Waals surface area contributed by atoms with Crippen molar-refractivity contribution in [1.82, 2.24) is 10.6 Å². The van der Waals surface area contributed by atoms with Crippen LogP contribution in [0.25, 0.3) is 0 Å². The van der Waals surface area contributed by atoms with Crippen molar-refractivity contribution in [2.45, 2.75) is 4.90 Å². The summed E-state index contributed by atoms with van der Waals surface area (Å²) in [4.78, 5) is 33.9. The van der Waals surface area contributed by atoms with Crippen molar-refractivity contribution in [2.75, 3.05) is 24.7 Å². The molecule has 0 spiro atoms. The highest BCUT2D eigenvalue weighted by atomic mass is 32.2. The minimum atomic E-state index is -1.14. The molecule has 4 N–H and O–H groups in total. The highest BCUT2D eigenvalue weighted by molar-refractivity contribution is 7.98. The van der Waals surface area contributed by atoms with Gasteiger partial charge in [-0.2, -0.15) is 0 Å². The molecule has 0 radical (unpaired) electrons. The molecule has 0 unspecified atom stereocenters. The van der Waals surface area contributed by atoms with E-state index >= 15 is 0 Å². The summed E-state index contributed by atoms with van der Waals surface area (Å²) in [6.45, 7) is -0.764. The molecule has 108 valence electrons. The van der Waals surface area contributed by atoms with Crippen LogP contribution in [0.4, 0.5) is 10.5 Å². The first-order valence-electron chi connectivity index (χ1n) is 5.68. The standard InChI is InChI=1S/C12H15N3O4S/c1-20-9-4-2-8(3-5-9)15-12(19)14-6-10(16)13-7-11(17)18/h2-5H,6-7H2,1H3,(H,13,16)(H,17,18)(H2,14,15,19). The molecule has 1 aromatic carbocycles. The highest BCUT2D eigenvalue weighted by Crippen LogP contribution is 2.17. The first kappa shape index (κ1) is 15.8. The van der Waals surface area contributed by atoms with Gasteiger partial charge in [0.25, 0.3) is 0 Å². The maximum absolute atomic E-state index is 11.5. The highest BCUT2D eigenvalue weighted by Gasteiger charge is 2.06. The zero-order valence-corrected chi connectivity index (χ0v) is 11.6. The van der Waals surface area contributed by atoms with Gasteiger partial charge in [-0.15, -0.1) is 11.8 Å². The fourth-order valence-corrected chi connectivity index (χ4v) is 1.66. The van der Waals surface area contributed by atoms with E-state index in [0.29, 0.717) is 5.69 Å². The molecule has 7 nitrogen and oxygen atoms in total. The lowest BCUT2D eigenvalue weighted by Gasteiger charge is -2.08. The summed E-state index contributed by atoms with van der Waals surface area (Å²) in [5.74, 6) is -1.71. The quantitative estimate of drug-likeness (QED) is 0.579. The molecule has 0 aromatic heterocycles. The van der Waals surface area contributed by atoms with Gasteiger partial charge in [-0.1, -0.05) is 0 Å². The zero-order valence-electron chi connectivity index (χ0n) is 10.8. The Morgan fingerprint density at radius 2 is 1.75 bits per heavy atom. The predicted molar refractivity (Wildman–Crippen MR) is 75.9 cm³/mol. The number of hydrogen-bond acceptors (Lipinski definition) is 4. The first-order valence-corrected chi connectivity index (χ1v) is 6.91. The molecule has 0 atom stereocenters. The molecular formula is C12H15N3O4S.